The van der Waals surface area contributed by atoms with Crippen LogP contribution < -0.4 is 14.8 Å². The van der Waals surface area contributed by atoms with E-state index in [4.69, 9.17) is 9.47 Å². The number of aromatic nitrogens is 3. The summed E-state index contributed by atoms with van der Waals surface area (Å²) in [6.45, 7) is 4.87. The molecule has 1 amide bonds. The molecular weight excluding hydrogens is 361 g/mol. The van der Waals surface area contributed by atoms with Gasteiger partial charge >= 0.3 is 0 Å². The van der Waals surface area contributed by atoms with E-state index in [0.29, 0.717) is 18.2 Å². The van der Waals surface area contributed by atoms with Crippen molar-refractivity contribution < 1.29 is 18.7 Å². The standard InChI is InChI=1S/C16H20FN5O3S/c1-9-4-11(25-15-13(17)14(24-3)19-8-20-15)6-22(9)7-12-5-18-16(26-12)21-10(2)23/h5,8-9,11H,4,6-7H2,1-3H3,(H,18,21,23)/t9-,11?/m0/s1. The molecule has 2 atom stereocenters. The molecule has 0 radical (unpaired) electrons. The van der Waals surface area contributed by atoms with Crippen molar-refractivity contribution in [3.8, 4) is 11.8 Å². The Labute approximate surface area is 154 Å². The first-order chi connectivity index (χ1) is 12.5. The summed E-state index contributed by atoms with van der Waals surface area (Å²) in [7, 11) is 1.35. The molecule has 0 spiro atoms. The van der Waals surface area contributed by atoms with E-state index in [-0.39, 0.29) is 29.8 Å². The zero-order chi connectivity index (χ0) is 18.7. The van der Waals surface area contributed by atoms with Crippen molar-refractivity contribution in [2.45, 2.75) is 39.0 Å². The van der Waals surface area contributed by atoms with Crippen molar-refractivity contribution in [3.05, 3.63) is 23.2 Å². The molecule has 1 N–H and O–H groups in total. The Kier molecular flexibility index (Phi) is 5.62. The van der Waals surface area contributed by atoms with Gasteiger partial charge < -0.3 is 14.8 Å². The number of anilines is 1. The molecule has 140 valence electrons. The molecule has 1 aliphatic rings. The second kappa shape index (κ2) is 7.92. The van der Waals surface area contributed by atoms with Crippen LogP contribution >= 0.6 is 11.3 Å². The third-order valence-electron chi connectivity index (χ3n) is 4.06. The van der Waals surface area contributed by atoms with E-state index in [1.54, 1.807) is 6.20 Å². The Morgan fingerprint density at radius 1 is 1.42 bits per heavy atom. The normalized spacial score (nSPS) is 20.2. The van der Waals surface area contributed by atoms with Gasteiger partial charge in [-0.25, -0.2) is 4.98 Å². The third-order valence-corrected chi connectivity index (χ3v) is 4.96. The summed E-state index contributed by atoms with van der Waals surface area (Å²) < 4.78 is 24.7. The van der Waals surface area contributed by atoms with Gasteiger partial charge in [-0.2, -0.15) is 14.4 Å². The lowest BCUT2D eigenvalue weighted by Crippen LogP contribution is -2.27. The van der Waals surface area contributed by atoms with Crippen LogP contribution in [0.15, 0.2) is 12.5 Å². The van der Waals surface area contributed by atoms with Gasteiger partial charge in [0.1, 0.15) is 12.4 Å². The number of hydrogen-bond acceptors (Lipinski definition) is 8. The van der Waals surface area contributed by atoms with Crippen LogP contribution in [0.4, 0.5) is 9.52 Å². The molecule has 1 saturated heterocycles. The molecule has 3 rings (SSSR count). The maximum absolute atomic E-state index is 14.1. The van der Waals surface area contributed by atoms with Gasteiger partial charge in [-0.15, -0.1) is 11.3 Å². The quantitative estimate of drug-likeness (QED) is 0.819. The highest BCUT2D eigenvalue weighted by Gasteiger charge is 2.32. The summed E-state index contributed by atoms with van der Waals surface area (Å²) in [5, 5.41) is 3.26. The molecule has 10 heteroatoms. The Bertz CT molecular complexity index is 787. The van der Waals surface area contributed by atoms with Crippen molar-refractivity contribution in [1.82, 2.24) is 19.9 Å². The monoisotopic (exact) mass is 381 g/mol. The summed E-state index contributed by atoms with van der Waals surface area (Å²) in [6.07, 6.45) is 3.55. The topological polar surface area (TPSA) is 89.5 Å². The number of thiazole rings is 1. The number of halogens is 1. The lowest BCUT2D eigenvalue weighted by Gasteiger charge is -2.19. The average molecular weight is 381 g/mol. The molecule has 1 aliphatic heterocycles. The predicted octanol–water partition coefficient (Wildman–Crippen LogP) is 2.08. The van der Waals surface area contributed by atoms with Crippen molar-refractivity contribution in [2.75, 3.05) is 19.0 Å². The number of ether oxygens (including phenoxy) is 2. The molecule has 0 aliphatic carbocycles. The molecule has 0 aromatic carbocycles. The Morgan fingerprint density at radius 3 is 2.92 bits per heavy atom. The zero-order valence-corrected chi connectivity index (χ0v) is 15.5. The number of amides is 1. The van der Waals surface area contributed by atoms with Gasteiger partial charge in [0.25, 0.3) is 11.8 Å². The first-order valence-electron chi connectivity index (χ1n) is 8.13. The summed E-state index contributed by atoms with van der Waals surface area (Å²) in [5.41, 5.74) is 0. The minimum absolute atomic E-state index is 0.0957. The summed E-state index contributed by atoms with van der Waals surface area (Å²) in [6, 6.07) is 0.262. The number of rotatable bonds is 6. The molecular formula is C16H20FN5O3S. The van der Waals surface area contributed by atoms with Gasteiger partial charge in [0, 0.05) is 43.5 Å². The highest BCUT2D eigenvalue weighted by atomic mass is 32.1. The van der Waals surface area contributed by atoms with Crippen molar-refractivity contribution in [2.24, 2.45) is 0 Å². The van der Waals surface area contributed by atoms with Crippen LogP contribution in [-0.4, -0.2) is 51.6 Å². The molecule has 8 nitrogen and oxygen atoms in total. The number of likely N-dealkylation sites (tertiary alicyclic amines) is 1. The number of nitrogens with one attached hydrogen (secondary N) is 1. The summed E-state index contributed by atoms with van der Waals surface area (Å²) >= 11 is 1.44. The maximum atomic E-state index is 14.1. The van der Waals surface area contributed by atoms with Gasteiger partial charge in [0.2, 0.25) is 11.7 Å². The van der Waals surface area contributed by atoms with Crippen molar-refractivity contribution >= 4 is 22.4 Å². The largest absolute Gasteiger partial charge is 0.479 e. The zero-order valence-electron chi connectivity index (χ0n) is 14.7. The lowest BCUT2D eigenvalue weighted by atomic mass is 10.2. The fourth-order valence-corrected chi connectivity index (χ4v) is 3.75. The number of methoxy groups -OCH3 is 1. The highest BCUT2D eigenvalue weighted by Crippen LogP contribution is 2.28. The number of carbonyl (C=O) groups is 1. The van der Waals surface area contributed by atoms with Gasteiger partial charge in [-0.1, -0.05) is 0 Å². The molecule has 0 saturated carbocycles. The lowest BCUT2D eigenvalue weighted by molar-refractivity contribution is -0.114. The second-order valence-corrected chi connectivity index (χ2v) is 7.18. The molecule has 1 unspecified atom stereocenters. The van der Waals surface area contributed by atoms with E-state index < -0.39 is 5.82 Å². The minimum Gasteiger partial charge on any atom is -0.479 e. The van der Waals surface area contributed by atoms with Crippen LogP contribution in [0.5, 0.6) is 11.8 Å². The van der Waals surface area contributed by atoms with Crippen LogP contribution in [0.25, 0.3) is 0 Å². The van der Waals surface area contributed by atoms with E-state index in [1.807, 2.05) is 0 Å². The smallest absolute Gasteiger partial charge is 0.258 e. The molecule has 0 bridgehead atoms. The van der Waals surface area contributed by atoms with Crippen LogP contribution in [0, 0.1) is 5.82 Å². The van der Waals surface area contributed by atoms with E-state index in [0.717, 1.165) is 11.3 Å². The highest BCUT2D eigenvalue weighted by molar-refractivity contribution is 7.15. The van der Waals surface area contributed by atoms with Gasteiger partial charge in [0.05, 0.1) is 7.11 Å². The molecule has 1 fully saturated rings. The molecule has 26 heavy (non-hydrogen) atoms. The fraction of sp³-hybridized carbons (Fsp3) is 0.500. The fourth-order valence-electron chi connectivity index (χ4n) is 2.86. The predicted molar refractivity (Wildman–Crippen MR) is 93.9 cm³/mol. The first kappa shape index (κ1) is 18.5. The summed E-state index contributed by atoms with van der Waals surface area (Å²) in [4.78, 5) is 26.1. The number of carbonyl (C=O) groups excluding carboxylic acids is 1. The molecule has 2 aromatic rings. The van der Waals surface area contributed by atoms with E-state index in [2.05, 4.69) is 32.1 Å². The van der Waals surface area contributed by atoms with Gasteiger partial charge in [-0.3, -0.25) is 9.69 Å². The minimum atomic E-state index is -0.691. The summed E-state index contributed by atoms with van der Waals surface area (Å²) in [5.74, 6) is -1.06. The molecule has 2 aromatic heterocycles. The maximum Gasteiger partial charge on any atom is 0.258 e. The second-order valence-electron chi connectivity index (χ2n) is 6.07. The van der Waals surface area contributed by atoms with Gasteiger partial charge in [0.15, 0.2) is 5.13 Å². The Balaban J connectivity index is 1.61. The van der Waals surface area contributed by atoms with Crippen molar-refractivity contribution in [1.29, 1.82) is 0 Å². The third kappa shape index (κ3) is 4.25. The Hall–Kier alpha value is -2.33. The average Bonchev–Trinajstić information content (AvgIpc) is 3.16. The Morgan fingerprint density at radius 2 is 2.19 bits per heavy atom. The number of hydrogen-bond donors (Lipinski definition) is 1. The van der Waals surface area contributed by atoms with Crippen molar-refractivity contribution in [3.63, 3.8) is 0 Å². The van der Waals surface area contributed by atoms with Crippen LogP contribution in [0.2, 0.25) is 0 Å². The van der Waals surface area contributed by atoms with E-state index in [1.165, 1.54) is 31.7 Å². The van der Waals surface area contributed by atoms with Crippen LogP contribution in [0.1, 0.15) is 25.1 Å². The van der Waals surface area contributed by atoms with E-state index >= 15 is 0 Å². The molecule has 3 heterocycles. The number of nitrogens with zero attached hydrogens (tertiary/aromatic N) is 4. The van der Waals surface area contributed by atoms with E-state index in [9.17, 15) is 9.18 Å². The van der Waals surface area contributed by atoms with Crippen LogP contribution in [-0.2, 0) is 11.3 Å². The van der Waals surface area contributed by atoms with Crippen LogP contribution in [0.3, 0.4) is 0 Å². The van der Waals surface area contributed by atoms with Gasteiger partial charge in [-0.05, 0) is 6.92 Å². The SMILES string of the molecule is COc1ncnc(OC2C[C@H](C)N(Cc3cnc(NC(C)=O)s3)C2)c1F. The first-order valence-corrected chi connectivity index (χ1v) is 8.95.